The summed E-state index contributed by atoms with van der Waals surface area (Å²) in [4.78, 5) is 24.3. The molecule has 0 aliphatic heterocycles. The van der Waals surface area contributed by atoms with Crippen molar-refractivity contribution >= 4 is 12.1 Å². The third-order valence-corrected chi connectivity index (χ3v) is 2.96. The van der Waals surface area contributed by atoms with Crippen molar-refractivity contribution in [3.05, 3.63) is 35.9 Å². The van der Waals surface area contributed by atoms with Gasteiger partial charge < -0.3 is 14.7 Å². The third kappa shape index (κ3) is 4.91. The van der Waals surface area contributed by atoms with Crippen LogP contribution in [-0.4, -0.2) is 34.7 Å². The second kappa shape index (κ2) is 7.53. The van der Waals surface area contributed by atoms with Crippen molar-refractivity contribution in [1.29, 1.82) is 0 Å². The van der Waals surface area contributed by atoms with Crippen molar-refractivity contribution in [2.75, 3.05) is 6.54 Å². The van der Waals surface area contributed by atoms with E-state index in [4.69, 9.17) is 9.84 Å². The first-order valence-electron chi connectivity index (χ1n) is 6.62. The van der Waals surface area contributed by atoms with Gasteiger partial charge in [0.15, 0.2) is 0 Å². The van der Waals surface area contributed by atoms with Crippen LogP contribution in [0.25, 0.3) is 0 Å². The summed E-state index contributed by atoms with van der Waals surface area (Å²) in [6.45, 7) is 5.56. The summed E-state index contributed by atoms with van der Waals surface area (Å²) in [5.41, 5.74) is 0.899. The Labute approximate surface area is 119 Å². The molecule has 1 N–H and O–H groups in total. The molecule has 0 aromatic heterocycles. The Hall–Kier alpha value is -2.04. The molecule has 0 aliphatic rings. The molecule has 0 saturated carbocycles. The minimum atomic E-state index is -0.925. The second-order valence-electron chi connectivity index (χ2n) is 5.03. The Morgan fingerprint density at radius 3 is 2.30 bits per heavy atom. The molecular formula is C15H21NO4. The lowest BCUT2D eigenvalue weighted by atomic mass is 10.1. The number of benzene rings is 1. The summed E-state index contributed by atoms with van der Waals surface area (Å²) in [6, 6.07) is 9.26. The Morgan fingerprint density at radius 1 is 1.20 bits per heavy atom. The number of amides is 1. The van der Waals surface area contributed by atoms with Crippen LogP contribution in [0.3, 0.4) is 0 Å². The maximum absolute atomic E-state index is 12.0. The number of rotatable bonds is 6. The Morgan fingerprint density at radius 2 is 1.80 bits per heavy atom. The van der Waals surface area contributed by atoms with Gasteiger partial charge in [-0.15, -0.1) is 0 Å². The highest BCUT2D eigenvalue weighted by Gasteiger charge is 2.23. The summed E-state index contributed by atoms with van der Waals surface area (Å²) in [7, 11) is 0. The van der Waals surface area contributed by atoms with Crippen molar-refractivity contribution in [3.63, 3.8) is 0 Å². The number of nitrogens with zero attached hydrogens (tertiary/aromatic N) is 1. The minimum Gasteiger partial charge on any atom is -0.481 e. The highest BCUT2D eigenvalue weighted by molar-refractivity contribution is 5.72. The molecule has 0 heterocycles. The molecule has 1 aromatic carbocycles. The summed E-state index contributed by atoms with van der Waals surface area (Å²) in [6.07, 6.45) is -0.489. The lowest BCUT2D eigenvalue weighted by molar-refractivity contribution is -0.141. The summed E-state index contributed by atoms with van der Waals surface area (Å²) < 4.78 is 5.23. The van der Waals surface area contributed by atoms with E-state index < -0.39 is 18.0 Å². The fourth-order valence-corrected chi connectivity index (χ4v) is 1.67. The van der Waals surface area contributed by atoms with E-state index >= 15 is 0 Å². The predicted molar refractivity (Wildman–Crippen MR) is 75.3 cm³/mol. The first-order valence-corrected chi connectivity index (χ1v) is 6.62. The average molecular weight is 279 g/mol. The topological polar surface area (TPSA) is 66.8 Å². The summed E-state index contributed by atoms with van der Waals surface area (Å²) in [5.74, 6) is -1.55. The van der Waals surface area contributed by atoms with Gasteiger partial charge in [-0.2, -0.15) is 0 Å². The minimum absolute atomic E-state index is 0.111. The number of aliphatic carboxylic acids is 1. The molecule has 0 spiro atoms. The van der Waals surface area contributed by atoms with Crippen molar-refractivity contribution in [2.45, 2.75) is 33.4 Å². The predicted octanol–water partition coefficient (Wildman–Crippen LogP) is 2.75. The molecule has 1 atom stereocenters. The first-order chi connectivity index (χ1) is 9.41. The molecule has 5 heteroatoms. The van der Waals surface area contributed by atoms with Gasteiger partial charge >= 0.3 is 12.1 Å². The van der Waals surface area contributed by atoms with E-state index in [0.29, 0.717) is 0 Å². The van der Waals surface area contributed by atoms with Gasteiger partial charge in [0.25, 0.3) is 0 Å². The van der Waals surface area contributed by atoms with E-state index in [9.17, 15) is 9.59 Å². The van der Waals surface area contributed by atoms with Gasteiger partial charge in [0.2, 0.25) is 0 Å². The van der Waals surface area contributed by atoms with E-state index in [1.54, 1.807) is 6.92 Å². The van der Waals surface area contributed by atoms with Gasteiger partial charge in [0.05, 0.1) is 5.92 Å². The quantitative estimate of drug-likeness (QED) is 0.869. The fraction of sp³-hybridized carbons (Fsp3) is 0.467. The van der Waals surface area contributed by atoms with E-state index in [-0.39, 0.29) is 19.2 Å². The van der Waals surface area contributed by atoms with Crippen LogP contribution >= 0.6 is 0 Å². The molecule has 5 nitrogen and oxygen atoms in total. The van der Waals surface area contributed by atoms with Crippen LogP contribution in [0.1, 0.15) is 26.3 Å². The summed E-state index contributed by atoms with van der Waals surface area (Å²) >= 11 is 0. The van der Waals surface area contributed by atoms with Gasteiger partial charge in [0.1, 0.15) is 6.61 Å². The maximum atomic E-state index is 12.0. The first kappa shape index (κ1) is 16.0. The number of carboxylic acid groups (broad SMARTS) is 1. The Bertz CT molecular complexity index is 444. The van der Waals surface area contributed by atoms with Crippen LogP contribution in [0.15, 0.2) is 30.3 Å². The van der Waals surface area contributed by atoms with Crippen LogP contribution in [0.4, 0.5) is 4.79 Å². The van der Waals surface area contributed by atoms with Crippen molar-refractivity contribution < 1.29 is 19.4 Å². The van der Waals surface area contributed by atoms with Crippen LogP contribution in [0, 0.1) is 5.92 Å². The van der Waals surface area contributed by atoms with E-state index in [0.717, 1.165) is 5.56 Å². The van der Waals surface area contributed by atoms with Gasteiger partial charge in [-0.25, -0.2) is 4.79 Å². The molecular weight excluding hydrogens is 258 g/mol. The SMILES string of the molecule is CC(CN(C(=O)OCc1ccccc1)C(C)C)C(=O)O. The number of carboxylic acids is 1. The lowest BCUT2D eigenvalue weighted by Crippen LogP contribution is -2.41. The van der Waals surface area contributed by atoms with E-state index in [1.807, 2.05) is 44.2 Å². The standard InChI is InChI=1S/C15H21NO4/c1-11(2)16(9-12(3)14(17)18)15(19)20-10-13-7-5-4-6-8-13/h4-8,11-12H,9-10H2,1-3H3,(H,17,18). The zero-order valence-corrected chi connectivity index (χ0v) is 12.1. The van der Waals surface area contributed by atoms with Gasteiger partial charge in [-0.05, 0) is 19.4 Å². The number of hydrogen-bond donors (Lipinski definition) is 1. The average Bonchev–Trinajstić information content (AvgIpc) is 2.42. The molecule has 1 aromatic rings. The third-order valence-electron chi connectivity index (χ3n) is 2.96. The molecule has 0 fully saturated rings. The lowest BCUT2D eigenvalue weighted by Gasteiger charge is -2.27. The van der Waals surface area contributed by atoms with Crippen molar-refractivity contribution in [2.24, 2.45) is 5.92 Å². The molecule has 0 bridgehead atoms. The smallest absolute Gasteiger partial charge is 0.410 e. The zero-order chi connectivity index (χ0) is 15.1. The fourth-order valence-electron chi connectivity index (χ4n) is 1.67. The van der Waals surface area contributed by atoms with Gasteiger partial charge in [-0.3, -0.25) is 4.79 Å². The Kier molecular flexibility index (Phi) is 6.03. The zero-order valence-electron chi connectivity index (χ0n) is 12.1. The highest BCUT2D eigenvalue weighted by atomic mass is 16.6. The largest absolute Gasteiger partial charge is 0.481 e. The number of carbonyl (C=O) groups excluding carboxylic acids is 1. The number of carbonyl (C=O) groups is 2. The molecule has 1 unspecified atom stereocenters. The highest BCUT2D eigenvalue weighted by Crippen LogP contribution is 2.09. The summed E-state index contributed by atoms with van der Waals surface area (Å²) in [5, 5.41) is 8.92. The molecule has 1 rings (SSSR count). The van der Waals surface area contributed by atoms with Crippen molar-refractivity contribution in [3.8, 4) is 0 Å². The molecule has 110 valence electrons. The molecule has 0 radical (unpaired) electrons. The molecule has 1 amide bonds. The van der Waals surface area contributed by atoms with E-state index in [1.165, 1.54) is 4.90 Å². The van der Waals surface area contributed by atoms with Gasteiger partial charge in [-0.1, -0.05) is 37.3 Å². The molecule has 20 heavy (non-hydrogen) atoms. The maximum Gasteiger partial charge on any atom is 0.410 e. The second-order valence-corrected chi connectivity index (χ2v) is 5.03. The molecule has 0 aliphatic carbocycles. The normalized spacial score (nSPS) is 12.0. The van der Waals surface area contributed by atoms with Gasteiger partial charge in [0, 0.05) is 12.6 Å². The van der Waals surface area contributed by atoms with Crippen LogP contribution in [0.2, 0.25) is 0 Å². The number of hydrogen-bond acceptors (Lipinski definition) is 3. The Balaban J connectivity index is 2.58. The van der Waals surface area contributed by atoms with Crippen LogP contribution in [-0.2, 0) is 16.1 Å². The van der Waals surface area contributed by atoms with Crippen LogP contribution < -0.4 is 0 Å². The number of ether oxygens (including phenoxy) is 1. The van der Waals surface area contributed by atoms with Crippen LogP contribution in [0.5, 0.6) is 0 Å². The monoisotopic (exact) mass is 279 g/mol. The van der Waals surface area contributed by atoms with E-state index in [2.05, 4.69) is 0 Å². The molecule has 0 saturated heterocycles. The van der Waals surface area contributed by atoms with Crippen molar-refractivity contribution in [1.82, 2.24) is 4.90 Å².